The minimum atomic E-state index is -1.15. The second-order valence-corrected chi connectivity index (χ2v) is 6.20. The normalized spacial score (nSPS) is 10.4. The Morgan fingerprint density at radius 3 is 2.44 bits per heavy atom. The van der Waals surface area contributed by atoms with Crippen molar-refractivity contribution in [2.45, 2.75) is 6.54 Å². The first-order valence-corrected chi connectivity index (χ1v) is 8.40. The summed E-state index contributed by atoms with van der Waals surface area (Å²) in [6.07, 6.45) is 1.29. The maximum Gasteiger partial charge on any atom is 0.323 e. The number of halogens is 1. The lowest BCUT2D eigenvalue weighted by Gasteiger charge is -2.10. The lowest BCUT2D eigenvalue weighted by molar-refractivity contribution is -0.137. The lowest BCUT2D eigenvalue weighted by atomic mass is 10.0. The van der Waals surface area contributed by atoms with Crippen LogP contribution in [-0.2, 0) is 11.3 Å². The molecule has 2 aromatic carbocycles. The molecule has 0 saturated heterocycles. The van der Waals surface area contributed by atoms with E-state index in [4.69, 9.17) is 16.7 Å². The van der Waals surface area contributed by atoms with Crippen LogP contribution in [-0.4, -0.2) is 21.6 Å². The quantitative estimate of drug-likeness (QED) is 0.706. The van der Waals surface area contributed by atoms with E-state index in [1.165, 1.54) is 18.3 Å². The van der Waals surface area contributed by atoms with Crippen LogP contribution in [0.3, 0.4) is 0 Å². The van der Waals surface area contributed by atoms with Crippen LogP contribution in [0.25, 0.3) is 11.1 Å². The molecule has 0 atom stereocenters. The van der Waals surface area contributed by atoms with Gasteiger partial charge < -0.3 is 15.0 Å². The van der Waals surface area contributed by atoms with Crippen LogP contribution in [0.15, 0.2) is 71.7 Å². The van der Waals surface area contributed by atoms with Gasteiger partial charge in [-0.1, -0.05) is 48.0 Å². The van der Waals surface area contributed by atoms with Crippen LogP contribution in [0.2, 0.25) is 5.02 Å². The van der Waals surface area contributed by atoms with Gasteiger partial charge in [0.2, 0.25) is 0 Å². The van der Waals surface area contributed by atoms with Gasteiger partial charge in [0.15, 0.2) is 0 Å². The Morgan fingerprint density at radius 1 is 1.04 bits per heavy atom. The highest BCUT2D eigenvalue weighted by Gasteiger charge is 2.11. The van der Waals surface area contributed by atoms with Gasteiger partial charge in [0.05, 0.1) is 5.69 Å². The van der Waals surface area contributed by atoms with Crippen molar-refractivity contribution in [2.24, 2.45) is 0 Å². The molecule has 7 heteroatoms. The second kappa shape index (κ2) is 7.88. The molecule has 3 aromatic rings. The van der Waals surface area contributed by atoms with Crippen molar-refractivity contribution in [3.05, 3.63) is 87.8 Å². The predicted molar refractivity (Wildman–Crippen MR) is 103 cm³/mol. The Labute approximate surface area is 159 Å². The summed E-state index contributed by atoms with van der Waals surface area (Å²) in [5, 5.41) is 11.9. The SMILES string of the molecule is O=C(O)Cn1cc(NC(=O)c2ccc(-c3ccccc3)c(Cl)c2)ccc1=O. The third-order valence-electron chi connectivity index (χ3n) is 3.86. The van der Waals surface area contributed by atoms with Crippen LogP contribution >= 0.6 is 11.6 Å². The van der Waals surface area contributed by atoms with Gasteiger partial charge in [-0.15, -0.1) is 0 Å². The molecule has 0 aliphatic rings. The van der Waals surface area contributed by atoms with Crippen LogP contribution in [0, 0.1) is 0 Å². The van der Waals surface area contributed by atoms with E-state index in [-0.39, 0.29) is 0 Å². The molecule has 6 nitrogen and oxygen atoms in total. The second-order valence-electron chi connectivity index (χ2n) is 5.79. The van der Waals surface area contributed by atoms with E-state index >= 15 is 0 Å². The molecule has 136 valence electrons. The fourth-order valence-corrected chi connectivity index (χ4v) is 2.88. The molecule has 1 amide bonds. The van der Waals surface area contributed by atoms with E-state index in [0.717, 1.165) is 15.7 Å². The van der Waals surface area contributed by atoms with Crippen molar-refractivity contribution >= 4 is 29.2 Å². The van der Waals surface area contributed by atoms with Gasteiger partial charge in [-0.05, 0) is 23.8 Å². The molecule has 0 fully saturated rings. The number of nitrogens with zero attached hydrogens (tertiary/aromatic N) is 1. The number of carbonyl (C=O) groups is 2. The summed E-state index contributed by atoms with van der Waals surface area (Å²) in [7, 11) is 0. The molecule has 2 N–H and O–H groups in total. The average molecular weight is 383 g/mol. The van der Waals surface area contributed by atoms with E-state index in [0.29, 0.717) is 16.3 Å². The summed E-state index contributed by atoms with van der Waals surface area (Å²) in [6.45, 7) is -0.486. The van der Waals surface area contributed by atoms with Gasteiger partial charge in [0.1, 0.15) is 6.54 Å². The van der Waals surface area contributed by atoms with Crippen LogP contribution in [0.4, 0.5) is 5.69 Å². The average Bonchev–Trinajstić information content (AvgIpc) is 2.64. The monoisotopic (exact) mass is 382 g/mol. The van der Waals surface area contributed by atoms with Crippen LogP contribution in [0.5, 0.6) is 0 Å². The summed E-state index contributed by atoms with van der Waals surface area (Å²) in [5.41, 5.74) is 1.93. The number of anilines is 1. The Morgan fingerprint density at radius 2 is 1.78 bits per heavy atom. The number of nitrogens with one attached hydrogen (secondary N) is 1. The molecule has 0 saturated carbocycles. The summed E-state index contributed by atoms with van der Waals surface area (Å²) in [5.74, 6) is -1.57. The number of aliphatic carboxylic acids is 1. The van der Waals surface area contributed by atoms with Crippen molar-refractivity contribution in [3.63, 3.8) is 0 Å². The lowest BCUT2D eigenvalue weighted by Crippen LogP contribution is -2.24. The number of hydrogen-bond donors (Lipinski definition) is 2. The first kappa shape index (κ1) is 18.4. The summed E-state index contributed by atoms with van der Waals surface area (Å²) >= 11 is 6.32. The molecule has 27 heavy (non-hydrogen) atoms. The maximum atomic E-state index is 12.5. The van der Waals surface area contributed by atoms with Gasteiger partial charge in [0.25, 0.3) is 11.5 Å². The largest absolute Gasteiger partial charge is 0.480 e. The highest BCUT2D eigenvalue weighted by molar-refractivity contribution is 6.33. The van der Waals surface area contributed by atoms with E-state index in [1.807, 2.05) is 30.3 Å². The Kier molecular flexibility index (Phi) is 5.38. The number of carboxylic acid groups (broad SMARTS) is 1. The number of benzene rings is 2. The van der Waals surface area contributed by atoms with E-state index < -0.39 is 24.0 Å². The van der Waals surface area contributed by atoms with Crippen molar-refractivity contribution in [2.75, 3.05) is 5.32 Å². The van der Waals surface area contributed by atoms with Crippen LogP contribution < -0.4 is 10.9 Å². The summed E-state index contributed by atoms with van der Waals surface area (Å²) in [4.78, 5) is 34.9. The molecule has 3 rings (SSSR count). The fraction of sp³-hybridized carbons (Fsp3) is 0.0500. The Bertz CT molecular complexity index is 1060. The smallest absolute Gasteiger partial charge is 0.323 e. The maximum absolute atomic E-state index is 12.5. The number of aromatic nitrogens is 1. The number of carbonyl (C=O) groups excluding carboxylic acids is 1. The number of hydrogen-bond acceptors (Lipinski definition) is 3. The third-order valence-corrected chi connectivity index (χ3v) is 4.18. The Balaban J connectivity index is 1.82. The topological polar surface area (TPSA) is 88.4 Å². The molecule has 0 spiro atoms. The molecule has 0 aliphatic carbocycles. The summed E-state index contributed by atoms with van der Waals surface area (Å²) in [6, 6.07) is 17.1. The van der Waals surface area contributed by atoms with Gasteiger partial charge in [0, 0.05) is 28.4 Å². The standard InChI is InChI=1S/C20H15ClN2O4/c21-17-10-14(6-8-16(17)13-4-2-1-3-5-13)20(27)22-15-7-9-18(24)23(11-15)12-19(25)26/h1-11H,12H2,(H,22,27)(H,25,26). The zero-order valence-electron chi connectivity index (χ0n) is 14.1. The minimum absolute atomic E-state index is 0.309. The number of rotatable bonds is 5. The Hall–Kier alpha value is -3.38. The van der Waals surface area contributed by atoms with Gasteiger partial charge in [-0.25, -0.2) is 0 Å². The minimum Gasteiger partial charge on any atom is -0.480 e. The zero-order valence-corrected chi connectivity index (χ0v) is 14.8. The molecule has 1 heterocycles. The highest BCUT2D eigenvalue weighted by atomic mass is 35.5. The number of carboxylic acids is 1. The van der Waals surface area contributed by atoms with E-state index in [2.05, 4.69) is 5.32 Å². The van der Waals surface area contributed by atoms with Gasteiger partial charge in [-0.3, -0.25) is 14.4 Å². The van der Waals surface area contributed by atoms with Crippen molar-refractivity contribution in [1.82, 2.24) is 4.57 Å². The number of amides is 1. The third kappa shape index (κ3) is 4.43. The van der Waals surface area contributed by atoms with E-state index in [9.17, 15) is 14.4 Å². The molecule has 0 radical (unpaired) electrons. The first-order valence-electron chi connectivity index (χ1n) is 8.02. The predicted octanol–water partition coefficient (Wildman–Crippen LogP) is 3.51. The molecular weight excluding hydrogens is 368 g/mol. The van der Waals surface area contributed by atoms with Gasteiger partial charge >= 0.3 is 5.97 Å². The van der Waals surface area contributed by atoms with E-state index in [1.54, 1.807) is 18.2 Å². The highest BCUT2D eigenvalue weighted by Crippen LogP contribution is 2.28. The molecule has 0 bridgehead atoms. The summed E-state index contributed by atoms with van der Waals surface area (Å²) < 4.78 is 1.00. The molecule has 0 aliphatic heterocycles. The number of pyridine rings is 1. The fourth-order valence-electron chi connectivity index (χ4n) is 2.59. The molecular formula is C20H15ClN2O4. The molecule has 1 aromatic heterocycles. The zero-order chi connectivity index (χ0) is 19.4. The first-order chi connectivity index (χ1) is 12.9. The van der Waals surface area contributed by atoms with Crippen molar-refractivity contribution < 1.29 is 14.7 Å². The van der Waals surface area contributed by atoms with Crippen molar-refractivity contribution in [3.8, 4) is 11.1 Å². The van der Waals surface area contributed by atoms with Crippen LogP contribution in [0.1, 0.15) is 10.4 Å². The van der Waals surface area contributed by atoms with Gasteiger partial charge in [-0.2, -0.15) is 0 Å². The van der Waals surface area contributed by atoms with Crippen molar-refractivity contribution in [1.29, 1.82) is 0 Å². The molecule has 0 unspecified atom stereocenters.